The number of carboxylic acids is 1. The molecule has 1 N–H and O–H groups in total. The van der Waals surface area contributed by atoms with E-state index < -0.39 is 5.97 Å². The Morgan fingerprint density at radius 3 is 2.95 bits per heavy atom. The second-order valence-electron chi connectivity index (χ2n) is 4.52. The molecule has 0 amide bonds. The van der Waals surface area contributed by atoms with Crippen molar-refractivity contribution in [1.29, 1.82) is 0 Å². The lowest BCUT2D eigenvalue weighted by Gasteiger charge is -2.18. The Labute approximate surface area is 113 Å². The number of carbonyl (C=O) groups is 1. The molecule has 3 nitrogen and oxygen atoms in total. The van der Waals surface area contributed by atoms with E-state index >= 15 is 0 Å². The Morgan fingerprint density at radius 1 is 1.37 bits per heavy atom. The summed E-state index contributed by atoms with van der Waals surface area (Å²) >= 11 is 1.27. The van der Waals surface area contributed by atoms with Gasteiger partial charge in [0.1, 0.15) is 10.7 Å². The monoisotopic (exact) mass is 277 g/mol. The largest absolute Gasteiger partial charge is 0.477 e. The van der Waals surface area contributed by atoms with Gasteiger partial charge in [-0.15, -0.1) is 11.3 Å². The molecule has 0 unspecified atom stereocenters. The van der Waals surface area contributed by atoms with Crippen molar-refractivity contribution >= 4 is 23.0 Å². The summed E-state index contributed by atoms with van der Waals surface area (Å²) in [5.41, 5.74) is 2.07. The summed E-state index contributed by atoms with van der Waals surface area (Å²) < 4.78 is 13.3. The van der Waals surface area contributed by atoms with Gasteiger partial charge in [-0.25, -0.2) is 9.18 Å². The molecule has 0 bridgehead atoms. The van der Waals surface area contributed by atoms with Gasteiger partial charge in [-0.05, 0) is 36.2 Å². The summed E-state index contributed by atoms with van der Waals surface area (Å²) in [5.74, 6) is -1.13. The number of fused-ring (bicyclic) bond motifs is 1. The van der Waals surface area contributed by atoms with Gasteiger partial charge in [0.05, 0.1) is 6.54 Å². The van der Waals surface area contributed by atoms with Gasteiger partial charge in [0.15, 0.2) is 0 Å². The summed E-state index contributed by atoms with van der Waals surface area (Å²) in [7, 11) is 0. The summed E-state index contributed by atoms with van der Waals surface area (Å²) in [6, 6.07) is 8.29. The van der Waals surface area contributed by atoms with Gasteiger partial charge in [0.2, 0.25) is 0 Å². The number of hydrogen-bond donors (Lipinski definition) is 1. The molecule has 0 atom stereocenters. The molecule has 0 fully saturated rings. The fraction of sp³-hybridized carbons (Fsp3) is 0.214. The number of halogens is 1. The van der Waals surface area contributed by atoms with Crippen molar-refractivity contribution in [2.24, 2.45) is 0 Å². The standard InChI is InChI=1S/C14H12FNO2S/c15-10-2-1-9-5-6-16(12(9)7-10)8-11-3-4-13(19-11)14(17)18/h1-4,7H,5-6,8H2,(H,17,18). The first-order chi connectivity index (χ1) is 9.13. The summed E-state index contributed by atoms with van der Waals surface area (Å²) in [4.78, 5) is 14.3. The van der Waals surface area contributed by atoms with Crippen molar-refractivity contribution in [2.45, 2.75) is 13.0 Å². The molecule has 98 valence electrons. The van der Waals surface area contributed by atoms with Gasteiger partial charge in [0.25, 0.3) is 0 Å². The molecule has 0 saturated heterocycles. The third kappa shape index (κ3) is 2.33. The van der Waals surface area contributed by atoms with Gasteiger partial charge in [0, 0.05) is 17.1 Å². The molecule has 1 aromatic heterocycles. The van der Waals surface area contributed by atoms with Crippen LogP contribution >= 0.6 is 11.3 Å². The molecule has 0 spiro atoms. The number of benzene rings is 1. The van der Waals surface area contributed by atoms with Gasteiger partial charge in [-0.2, -0.15) is 0 Å². The van der Waals surface area contributed by atoms with Crippen LogP contribution in [0.25, 0.3) is 0 Å². The van der Waals surface area contributed by atoms with E-state index in [1.165, 1.54) is 17.4 Å². The van der Waals surface area contributed by atoms with Crippen LogP contribution in [0.1, 0.15) is 20.1 Å². The predicted molar refractivity (Wildman–Crippen MR) is 72.4 cm³/mol. The molecule has 0 saturated carbocycles. The number of nitrogens with zero attached hydrogens (tertiary/aromatic N) is 1. The highest BCUT2D eigenvalue weighted by molar-refractivity contribution is 7.13. The summed E-state index contributed by atoms with van der Waals surface area (Å²) in [5, 5.41) is 8.90. The van der Waals surface area contributed by atoms with Crippen molar-refractivity contribution in [3.8, 4) is 0 Å². The topological polar surface area (TPSA) is 40.5 Å². The van der Waals surface area contributed by atoms with Crippen molar-refractivity contribution in [3.05, 3.63) is 51.5 Å². The highest BCUT2D eigenvalue weighted by atomic mass is 32.1. The van der Waals surface area contributed by atoms with Gasteiger partial charge in [-0.1, -0.05) is 6.07 Å². The Hall–Kier alpha value is -1.88. The minimum atomic E-state index is -0.899. The van der Waals surface area contributed by atoms with Crippen LogP contribution in [0.2, 0.25) is 0 Å². The predicted octanol–water partition coefficient (Wildman–Crippen LogP) is 3.15. The van der Waals surface area contributed by atoms with E-state index in [0.717, 1.165) is 29.1 Å². The third-order valence-electron chi connectivity index (χ3n) is 3.26. The fourth-order valence-corrected chi connectivity index (χ4v) is 3.21. The molecule has 19 heavy (non-hydrogen) atoms. The number of thiophene rings is 1. The van der Waals surface area contributed by atoms with Gasteiger partial charge < -0.3 is 10.0 Å². The Balaban J connectivity index is 1.82. The van der Waals surface area contributed by atoms with E-state index in [9.17, 15) is 9.18 Å². The second-order valence-corrected chi connectivity index (χ2v) is 5.68. The maximum Gasteiger partial charge on any atom is 0.345 e. The Kier molecular flexibility index (Phi) is 2.98. The minimum Gasteiger partial charge on any atom is -0.477 e. The van der Waals surface area contributed by atoms with Crippen LogP contribution in [0.15, 0.2) is 30.3 Å². The molecule has 0 aliphatic carbocycles. The average Bonchev–Trinajstić information content (AvgIpc) is 2.98. The Bertz CT molecular complexity index is 638. The van der Waals surface area contributed by atoms with E-state index in [1.807, 2.05) is 12.1 Å². The quantitative estimate of drug-likeness (QED) is 0.937. The third-order valence-corrected chi connectivity index (χ3v) is 4.32. The molecule has 1 aliphatic heterocycles. The number of hydrogen-bond acceptors (Lipinski definition) is 3. The summed E-state index contributed by atoms with van der Waals surface area (Å²) in [6.07, 6.45) is 0.910. The molecule has 5 heteroatoms. The first-order valence-corrected chi connectivity index (χ1v) is 6.80. The van der Waals surface area contributed by atoms with Crippen LogP contribution in [0.5, 0.6) is 0 Å². The van der Waals surface area contributed by atoms with E-state index in [1.54, 1.807) is 12.1 Å². The molecule has 1 aromatic carbocycles. The van der Waals surface area contributed by atoms with Gasteiger partial charge >= 0.3 is 5.97 Å². The zero-order valence-corrected chi connectivity index (χ0v) is 10.9. The maximum absolute atomic E-state index is 13.3. The number of rotatable bonds is 3. The Morgan fingerprint density at radius 2 is 2.21 bits per heavy atom. The molecule has 3 rings (SSSR count). The van der Waals surface area contributed by atoms with Crippen LogP contribution in [0.3, 0.4) is 0 Å². The van der Waals surface area contributed by atoms with Crippen molar-refractivity contribution < 1.29 is 14.3 Å². The van der Waals surface area contributed by atoms with E-state index in [-0.39, 0.29) is 5.82 Å². The van der Waals surface area contributed by atoms with Crippen LogP contribution in [0, 0.1) is 5.82 Å². The normalized spacial score (nSPS) is 13.6. The lowest BCUT2D eigenvalue weighted by atomic mass is 10.2. The van der Waals surface area contributed by atoms with E-state index in [0.29, 0.717) is 11.4 Å². The zero-order valence-electron chi connectivity index (χ0n) is 10.1. The van der Waals surface area contributed by atoms with Crippen LogP contribution < -0.4 is 4.90 Å². The maximum atomic E-state index is 13.3. The highest BCUT2D eigenvalue weighted by Gasteiger charge is 2.20. The lowest BCUT2D eigenvalue weighted by Crippen LogP contribution is -2.18. The van der Waals surface area contributed by atoms with Crippen molar-refractivity contribution in [2.75, 3.05) is 11.4 Å². The van der Waals surface area contributed by atoms with Crippen LogP contribution in [0.4, 0.5) is 10.1 Å². The first kappa shape index (κ1) is 12.2. The van der Waals surface area contributed by atoms with Crippen LogP contribution in [-0.2, 0) is 13.0 Å². The molecule has 2 aromatic rings. The molecule has 0 radical (unpaired) electrons. The number of carboxylic acid groups (broad SMARTS) is 1. The SMILES string of the molecule is O=C(O)c1ccc(CN2CCc3ccc(F)cc32)s1. The average molecular weight is 277 g/mol. The number of anilines is 1. The highest BCUT2D eigenvalue weighted by Crippen LogP contribution is 2.31. The smallest absolute Gasteiger partial charge is 0.345 e. The number of aromatic carboxylic acids is 1. The molecular formula is C14H12FNO2S. The first-order valence-electron chi connectivity index (χ1n) is 5.99. The summed E-state index contributed by atoms with van der Waals surface area (Å²) in [6.45, 7) is 1.48. The fourth-order valence-electron chi connectivity index (χ4n) is 2.35. The zero-order chi connectivity index (χ0) is 13.4. The lowest BCUT2D eigenvalue weighted by molar-refractivity contribution is 0.0702. The van der Waals surface area contributed by atoms with E-state index in [2.05, 4.69) is 4.90 Å². The second kappa shape index (κ2) is 4.66. The van der Waals surface area contributed by atoms with Gasteiger partial charge in [-0.3, -0.25) is 0 Å². The van der Waals surface area contributed by atoms with Crippen molar-refractivity contribution in [1.82, 2.24) is 0 Å². The van der Waals surface area contributed by atoms with E-state index in [4.69, 9.17) is 5.11 Å². The van der Waals surface area contributed by atoms with Crippen LogP contribution in [-0.4, -0.2) is 17.6 Å². The van der Waals surface area contributed by atoms with Crippen molar-refractivity contribution in [3.63, 3.8) is 0 Å². The molecule has 2 heterocycles. The molecular weight excluding hydrogens is 265 g/mol. The molecule has 1 aliphatic rings. The minimum absolute atomic E-state index is 0.233.